The molecule has 3 aromatic rings. The summed E-state index contributed by atoms with van der Waals surface area (Å²) in [7, 11) is 0. The Morgan fingerprint density at radius 2 is 1.65 bits per heavy atom. The molecule has 0 aliphatic carbocycles. The molecule has 3 rings (SSSR count). The summed E-state index contributed by atoms with van der Waals surface area (Å²) in [6.45, 7) is 7.11. The van der Waals surface area contributed by atoms with Crippen LogP contribution < -0.4 is 16.1 Å². The first-order valence-corrected chi connectivity index (χ1v) is 9.65. The molecule has 0 aliphatic heterocycles. The quantitative estimate of drug-likeness (QED) is 0.673. The van der Waals surface area contributed by atoms with Gasteiger partial charge in [0.15, 0.2) is 5.69 Å². The minimum Gasteiger partial charge on any atom is -0.347 e. The molecule has 0 saturated carbocycles. The van der Waals surface area contributed by atoms with Crippen LogP contribution in [0.1, 0.15) is 47.3 Å². The van der Waals surface area contributed by atoms with E-state index in [2.05, 4.69) is 15.7 Å². The van der Waals surface area contributed by atoms with Gasteiger partial charge in [0.25, 0.3) is 11.8 Å². The number of carbonyl (C=O) groups is 2. The number of amides is 2. The summed E-state index contributed by atoms with van der Waals surface area (Å²) in [5.74, 6) is -1.72. The van der Waals surface area contributed by atoms with Crippen LogP contribution in [0.25, 0.3) is 5.69 Å². The molecule has 0 radical (unpaired) electrons. The molecular weight excluding hydrogens is 399 g/mol. The van der Waals surface area contributed by atoms with Gasteiger partial charge >= 0.3 is 0 Å². The number of para-hydroxylation sites is 2. The van der Waals surface area contributed by atoms with Crippen molar-refractivity contribution in [2.24, 2.45) is 0 Å². The van der Waals surface area contributed by atoms with Gasteiger partial charge in [-0.15, -0.1) is 0 Å². The highest BCUT2D eigenvalue weighted by atomic mass is 19.1. The largest absolute Gasteiger partial charge is 0.347 e. The minimum absolute atomic E-state index is 0.110. The Labute approximate surface area is 178 Å². The lowest BCUT2D eigenvalue weighted by atomic mass is 10.1. The second-order valence-corrected chi connectivity index (χ2v) is 8.07. The topological polar surface area (TPSA) is 93.1 Å². The number of rotatable bonds is 4. The zero-order valence-corrected chi connectivity index (χ0v) is 17.7. The predicted octanol–water partition coefficient (Wildman–Crippen LogP) is 3.46. The van der Waals surface area contributed by atoms with Gasteiger partial charge in [0.05, 0.1) is 11.3 Å². The molecule has 2 amide bonds. The SMILES string of the molecule is Cc1cc(=O)c(C(=O)Nc2ccccc2C(=O)NC(C)(C)C)nn1-c1ccccc1F. The number of hydrogen-bond acceptors (Lipinski definition) is 4. The number of aryl methyl sites for hydroxylation is 1. The Morgan fingerprint density at radius 3 is 2.32 bits per heavy atom. The van der Waals surface area contributed by atoms with Gasteiger partial charge in [-0.1, -0.05) is 24.3 Å². The first kappa shape index (κ1) is 21.9. The molecule has 0 saturated heterocycles. The van der Waals surface area contributed by atoms with E-state index in [1.54, 1.807) is 37.3 Å². The van der Waals surface area contributed by atoms with Crippen LogP contribution in [0.4, 0.5) is 10.1 Å². The van der Waals surface area contributed by atoms with Crippen molar-refractivity contribution in [2.45, 2.75) is 33.2 Å². The molecule has 31 heavy (non-hydrogen) atoms. The van der Waals surface area contributed by atoms with E-state index in [1.807, 2.05) is 20.8 Å². The van der Waals surface area contributed by atoms with E-state index in [9.17, 15) is 18.8 Å². The van der Waals surface area contributed by atoms with Crippen molar-refractivity contribution in [3.63, 3.8) is 0 Å². The average Bonchev–Trinajstić information content (AvgIpc) is 2.68. The maximum absolute atomic E-state index is 14.2. The molecule has 8 heteroatoms. The second-order valence-electron chi connectivity index (χ2n) is 8.07. The number of hydrogen-bond donors (Lipinski definition) is 2. The molecule has 7 nitrogen and oxygen atoms in total. The smallest absolute Gasteiger partial charge is 0.280 e. The van der Waals surface area contributed by atoms with Crippen LogP contribution in [0.15, 0.2) is 59.4 Å². The summed E-state index contributed by atoms with van der Waals surface area (Å²) >= 11 is 0. The van der Waals surface area contributed by atoms with Crippen LogP contribution in [0, 0.1) is 12.7 Å². The number of benzene rings is 2. The molecule has 0 unspecified atom stereocenters. The second kappa shape index (κ2) is 8.51. The lowest BCUT2D eigenvalue weighted by Crippen LogP contribution is -2.41. The Kier molecular flexibility index (Phi) is 6.01. The Bertz CT molecular complexity index is 1210. The lowest BCUT2D eigenvalue weighted by molar-refractivity contribution is 0.0920. The molecule has 2 N–H and O–H groups in total. The molecule has 0 fully saturated rings. The van der Waals surface area contributed by atoms with Crippen molar-refractivity contribution in [3.8, 4) is 5.69 Å². The Balaban J connectivity index is 1.97. The van der Waals surface area contributed by atoms with E-state index in [4.69, 9.17) is 0 Å². The van der Waals surface area contributed by atoms with Crippen molar-refractivity contribution in [1.82, 2.24) is 15.1 Å². The molecule has 0 aliphatic rings. The van der Waals surface area contributed by atoms with Crippen LogP contribution in [-0.4, -0.2) is 27.1 Å². The summed E-state index contributed by atoms with van der Waals surface area (Å²) in [5, 5.41) is 9.49. The van der Waals surface area contributed by atoms with Gasteiger partial charge in [0.2, 0.25) is 5.43 Å². The fraction of sp³-hybridized carbons (Fsp3) is 0.217. The normalized spacial score (nSPS) is 11.1. The van der Waals surface area contributed by atoms with Crippen molar-refractivity contribution in [3.05, 3.63) is 87.6 Å². The van der Waals surface area contributed by atoms with Crippen molar-refractivity contribution in [2.75, 3.05) is 5.32 Å². The molecule has 1 heterocycles. The minimum atomic E-state index is -0.800. The van der Waals surface area contributed by atoms with Crippen molar-refractivity contribution < 1.29 is 14.0 Å². The highest BCUT2D eigenvalue weighted by molar-refractivity contribution is 6.08. The number of anilines is 1. The van der Waals surface area contributed by atoms with Gasteiger partial charge in [-0.25, -0.2) is 9.07 Å². The van der Waals surface area contributed by atoms with E-state index < -0.39 is 28.4 Å². The van der Waals surface area contributed by atoms with Gasteiger partial charge in [-0.2, -0.15) is 5.10 Å². The number of halogens is 1. The maximum atomic E-state index is 14.2. The van der Waals surface area contributed by atoms with E-state index in [-0.39, 0.29) is 22.8 Å². The van der Waals surface area contributed by atoms with Gasteiger partial charge in [-0.05, 0) is 52.0 Å². The van der Waals surface area contributed by atoms with E-state index in [1.165, 1.54) is 28.9 Å². The van der Waals surface area contributed by atoms with E-state index >= 15 is 0 Å². The molecule has 0 atom stereocenters. The Hall–Kier alpha value is -3.81. The summed E-state index contributed by atoms with van der Waals surface area (Å²) in [4.78, 5) is 37.9. The van der Waals surface area contributed by atoms with Crippen molar-refractivity contribution in [1.29, 1.82) is 0 Å². The molecule has 1 aromatic heterocycles. The summed E-state index contributed by atoms with van der Waals surface area (Å²) < 4.78 is 15.4. The molecule has 160 valence electrons. The fourth-order valence-electron chi connectivity index (χ4n) is 2.95. The van der Waals surface area contributed by atoms with Gasteiger partial charge < -0.3 is 10.6 Å². The number of aromatic nitrogens is 2. The molecular formula is C23H23FN4O3. The highest BCUT2D eigenvalue weighted by Gasteiger charge is 2.21. The third kappa shape index (κ3) is 5.03. The summed E-state index contributed by atoms with van der Waals surface area (Å²) in [5.41, 5.74) is -0.546. The lowest BCUT2D eigenvalue weighted by Gasteiger charge is -2.21. The third-order valence-electron chi connectivity index (χ3n) is 4.31. The van der Waals surface area contributed by atoms with E-state index in [0.717, 1.165) is 0 Å². The first-order chi connectivity index (χ1) is 14.6. The summed E-state index contributed by atoms with van der Waals surface area (Å²) in [6.07, 6.45) is 0. The maximum Gasteiger partial charge on any atom is 0.280 e. The first-order valence-electron chi connectivity index (χ1n) is 9.65. The van der Waals surface area contributed by atoms with Crippen LogP contribution in [0.3, 0.4) is 0 Å². The van der Waals surface area contributed by atoms with Crippen LogP contribution in [0.2, 0.25) is 0 Å². The standard InChI is InChI=1S/C23H23FN4O3/c1-14-13-19(29)20(27-28(14)18-12-8-6-10-16(18)24)22(31)25-17-11-7-5-9-15(17)21(30)26-23(2,3)4/h5-13H,1-4H3,(H,25,31)(H,26,30). The predicted molar refractivity (Wildman–Crippen MR) is 116 cm³/mol. The van der Waals surface area contributed by atoms with E-state index in [0.29, 0.717) is 5.69 Å². The molecule has 0 bridgehead atoms. The van der Waals surface area contributed by atoms with Crippen molar-refractivity contribution >= 4 is 17.5 Å². The molecule has 0 spiro atoms. The average molecular weight is 422 g/mol. The van der Waals surface area contributed by atoms with Gasteiger partial charge in [0.1, 0.15) is 11.5 Å². The van der Waals surface area contributed by atoms with Crippen LogP contribution >= 0.6 is 0 Å². The van der Waals surface area contributed by atoms with Gasteiger partial charge in [0, 0.05) is 17.3 Å². The highest BCUT2D eigenvalue weighted by Crippen LogP contribution is 2.18. The van der Waals surface area contributed by atoms with Crippen LogP contribution in [-0.2, 0) is 0 Å². The number of carbonyl (C=O) groups excluding carboxylic acids is 2. The van der Waals surface area contributed by atoms with Crippen LogP contribution in [0.5, 0.6) is 0 Å². The Morgan fingerprint density at radius 1 is 1.00 bits per heavy atom. The molecule has 2 aromatic carbocycles. The number of nitrogens with one attached hydrogen (secondary N) is 2. The number of nitrogens with zero attached hydrogens (tertiary/aromatic N) is 2. The monoisotopic (exact) mass is 422 g/mol. The third-order valence-corrected chi connectivity index (χ3v) is 4.31. The fourth-order valence-corrected chi connectivity index (χ4v) is 2.95. The van der Waals surface area contributed by atoms with Gasteiger partial charge in [-0.3, -0.25) is 14.4 Å². The summed E-state index contributed by atoms with van der Waals surface area (Å²) in [6, 6.07) is 13.6. The zero-order valence-electron chi connectivity index (χ0n) is 17.7. The zero-order chi connectivity index (χ0) is 22.8.